The van der Waals surface area contributed by atoms with Gasteiger partial charge in [-0.1, -0.05) is 13.8 Å². The minimum Gasteiger partial charge on any atom is -0.478 e. The van der Waals surface area contributed by atoms with Crippen molar-refractivity contribution in [2.24, 2.45) is 11.8 Å². The fraction of sp³-hybridized carbons (Fsp3) is 0.562. The number of rotatable bonds is 3. The molecule has 0 saturated heterocycles. The second-order valence-corrected chi connectivity index (χ2v) is 6.17. The molecular formula is C16H24N2O2. The molecule has 3 atom stereocenters. The molecule has 20 heavy (non-hydrogen) atoms. The Balaban J connectivity index is 2.16. The molecule has 0 spiro atoms. The van der Waals surface area contributed by atoms with Crippen LogP contribution in [0.2, 0.25) is 0 Å². The van der Waals surface area contributed by atoms with E-state index in [1.165, 1.54) is 6.42 Å². The van der Waals surface area contributed by atoms with E-state index in [9.17, 15) is 9.90 Å². The summed E-state index contributed by atoms with van der Waals surface area (Å²) in [6.07, 6.45) is 3.49. The van der Waals surface area contributed by atoms with Crippen molar-refractivity contribution >= 4 is 17.3 Å². The Labute approximate surface area is 120 Å². The maximum Gasteiger partial charge on any atom is 0.337 e. The summed E-state index contributed by atoms with van der Waals surface area (Å²) in [4.78, 5) is 11.2. The number of benzene rings is 1. The number of nitrogens with two attached hydrogens (primary N) is 1. The molecule has 0 amide bonds. The highest BCUT2D eigenvalue weighted by Crippen LogP contribution is 2.32. The van der Waals surface area contributed by atoms with Gasteiger partial charge in [0.1, 0.15) is 0 Å². The molecule has 1 fully saturated rings. The van der Waals surface area contributed by atoms with Crippen LogP contribution < -0.4 is 11.1 Å². The summed E-state index contributed by atoms with van der Waals surface area (Å²) in [6, 6.07) is 4.00. The van der Waals surface area contributed by atoms with Crippen LogP contribution in [0.4, 0.5) is 11.4 Å². The van der Waals surface area contributed by atoms with Gasteiger partial charge in [0.15, 0.2) is 0 Å². The van der Waals surface area contributed by atoms with Crippen molar-refractivity contribution in [3.8, 4) is 0 Å². The number of carboxylic acids is 1. The highest BCUT2D eigenvalue weighted by molar-refractivity contribution is 5.95. The van der Waals surface area contributed by atoms with Gasteiger partial charge in [0.25, 0.3) is 0 Å². The van der Waals surface area contributed by atoms with Gasteiger partial charge in [0, 0.05) is 17.4 Å². The van der Waals surface area contributed by atoms with Gasteiger partial charge in [0.05, 0.1) is 5.56 Å². The van der Waals surface area contributed by atoms with Gasteiger partial charge in [-0.25, -0.2) is 4.79 Å². The number of hydrogen-bond donors (Lipinski definition) is 3. The molecule has 1 aromatic rings. The van der Waals surface area contributed by atoms with E-state index in [0.717, 1.165) is 30.0 Å². The van der Waals surface area contributed by atoms with E-state index >= 15 is 0 Å². The third kappa shape index (κ3) is 3.06. The molecule has 4 heteroatoms. The quantitative estimate of drug-likeness (QED) is 0.738. The zero-order chi connectivity index (χ0) is 14.9. The van der Waals surface area contributed by atoms with Crippen molar-refractivity contribution in [2.75, 3.05) is 11.1 Å². The number of nitrogen functional groups attached to an aromatic ring is 1. The van der Waals surface area contributed by atoms with E-state index in [1.54, 1.807) is 6.07 Å². The van der Waals surface area contributed by atoms with Crippen LogP contribution in [0.15, 0.2) is 12.1 Å². The van der Waals surface area contributed by atoms with Crippen molar-refractivity contribution < 1.29 is 9.90 Å². The third-order valence-electron chi connectivity index (χ3n) is 4.59. The van der Waals surface area contributed by atoms with Crippen LogP contribution in [0.5, 0.6) is 0 Å². The number of aryl methyl sites for hydroxylation is 1. The first kappa shape index (κ1) is 14.7. The summed E-state index contributed by atoms with van der Waals surface area (Å²) >= 11 is 0. The maximum absolute atomic E-state index is 11.2. The minimum atomic E-state index is -0.972. The topological polar surface area (TPSA) is 75.3 Å². The number of nitrogens with one attached hydrogen (secondary N) is 1. The Morgan fingerprint density at radius 2 is 2.00 bits per heavy atom. The molecule has 4 N–H and O–H groups in total. The maximum atomic E-state index is 11.2. The van der Waals surface area contributed by atoms with Crippen LogP contribution in [-0.4, -0.2) is 17.1 Å². The number of carboxylic acid groups (broad SMARTS) is 1. The smallest absolute Gasteiger partial charge is 0.337 e. The number of carbonyl (C=O) groups is 1. The molecule has 0 heterocycles. The van der Waals surface area contributed by atoms with E-state index in [4.69, 9.17) is 5.73 Å². The fourth-order valence-electron chi connectivity index (χ4n) is 2.97. The molecule has 1 saturated carbocycles. The summed E-state index contributed by atoms with van der Waals surface area (Å²) in [5.74, 6) is 0.505. The Hall–Kier alpha value is -1.71. The van der Waals surface area contributed by atoms with Crippen LogP contribution in [0.25, 0.3) is 0 Å². The molecule has 2 rings (SSSR count). The normalized spacial score (nSPS) is 26.2. The van der Waals surface area contributed by atoms with Crippen molar-refractivity contribution in [1.29, 1.82) is 0 Å². The average molecular weight is 276 g/mol. The highest BCUT2D eigenvalue weighted by atomic mass is 16.4. The van der Waals surface area contributed by atoms with Crippen molar-refractivity contribution in [1.82, 2.24) is 0 Å². The van der Waals surface area contributed by atoms with Crippen LogP contribution >= 0.6 is 0 Å². The summed E-state index contributed by atoms with van der Waals surface area (Å²) in [5.41, 5.74) is 8.03. The van der Waals surface area contributed by atoms with E-state index < -0.39 is 5.97 Å². The van der Waals surface area contributed by atoms with Gasteiger partial charge in [-0.15, -0.1) is 0 Å². The minimum absolute atomic E-state index is 0.185. The van der Waals surface area contributed by atoms with Gasteiger partial charge < -0.3 is 16.2 Å². The molecule has 4 nitrogen and oxygen atoms in total. The first-order valence-electron chi connectivity index (χ1n) is 7.28. The van der Waals surface area contributed by atoms with Crippen LogP contribution in [0, 0.1) is 18.8 Å². The second-order valence-electron chi connectivity index (χ2n) is 6.17. The van der Waals surface area contributed by atoms with Crippen LogP contribution in [0.1, 0.15) is 49.0 Å². The monoisotopic (exact) mass is 276 g/mol. The summed E-state index contributed by atoms with van der Waals surface area (Å²) < 4.78 is 0. The summed E-state index contributed by atoms with van der Waals surface area (Å²) in [6.45, 7) is 6.44. The zero-order valence-corrected chi connectivity index (χ0v) is 12.4. The van der Waals surface area contributed by atoms with Crippen molar-refractivity contribution in [2.45, 2.75) is 46.1 Å². The first-order chi connectivity index (χ1) is 9.38. The Kier molecular flexibility index (Phi) is 4.21. The molecule has 1 aliphatic rings. The van der Waals surface area contributed by atoms with Gasteiger partial charge in [-0.05, 0) is 55.7 Å². The lowest BCUT2D eigenvalue weighted by atomic mass is 9.79. The van der Waals surface area contributed by atoms with E-state index in [2.05, 4.69) is 19.2 Å². The molecule has 110 valence electrons. The molecule has 1 aliphatic carbocycles. The number of anilines is 2. The number of aromatic carboxylic acids is 1. The predicted octanol–water partition coefficient (Wildman–Crippen LogP) is 3.51. The van der Waals surface area contributed by atoms with E-state index in [1.807, 2.05) is 13.0 Å². The largest absolute Gasteiger partial charge is 0.478 e. The molecule has 0 aromatic heterocycles. The lowest BCUT2D eigenvalue weighted by molar-refractivity contribution is 0.0698. The SMILES string of the molecule is Cc1cc(NC2CCC(C)C(C)C2)cc(C(=O)O)c1N. The Morgan fingerprint density at radius 3 is 2.60 bits per heavy atom. The standard InChI is InChI=1S/C16H24N2O2/c1-9-4-5-12(6-10(9)2)18-13-7-11(3)15(17)14(8-13)16(19)20/h7-10,12,18H,4-6,17H2,1-3H3,(H,19,20). The second kappa shape index (κ2) is 5.73. The van der Waals surface area contributed by atoms with E-state index in [-0.39, 0.29) is 5.56 Å². The average Bonchev–Trinajstić information content (AvgIpc) is 2.37. The Morgan fingerprint density at radius 1 is 1.30 bits per heavy atom. The van der Waals surface area contributed by atoms with Crippen molar-refractivity contribution in [3.63, 3.8) is 0 Å². The molecule has 3 unspecified atom stereocenters. The fourth-order valence-corrected chi connectivity index (χ4v) is 2.97. The molecular weight excluding hydrogens is 252 g/mol. The van der Waals surface area contributed by atoms with Crippen LogP contribution in [-0.2, 0) is 0 Å². The van der Waals surface area contributed by atoms with Gasteiger partial charge >= 0.3 is 5.97 Å². The Bertz CT molecular complexity index is 513. The van der Waals surface area contributed by atoms with Crippen LogP contribution in [0.3, 0.4) is 0 Å². The van der Waals surface area contributed by atoms with Gasteiger partial charge in [-0.3, -0.25) is 0 Å². The lowest BCUT2D eigenvalue weighted by Crippen LogP contribution is -2.30. The zero-order valence-electron chi connectivity index (χ0n) is 12.4. The van der Waals surface area contributed by atoms with Crippen molar-refractivity contribution in [3.05, 3.63) is 23.3 Å². The van der Waals surface area contributed by atoms with Gasteiger partial charge in [-0.2, -0.15) is 0 Å². The third-order valence-corrected chi connectivity index (χ3v) is 4.59. The van der Waals surface area contributed by atoms with E-state index in [0.29, 0.717) is 17.6 Å². The molecule has 1 aromatic carbocycles. The summed E-state index contributed by atoms with van der Waals surface area (Å²) in [5, 5.41) is 12.7. The highest BCUT2D eigenvalue weighted by Gasteiger charge is 2.24. The van der Waals surface area contributed by atoms with Gasteiger partial charge in [0.2, 0.25) is 0 Å². The lowest BCUT2D eigenvalue weighted by Gasteiger charge is -2.33. The predicted molar refractivity (Wildman–Crippen MR) is 82.1 cm³/mol. The summed E-state index contributed by atoms with van der Waals surface area (Å²) in [7, 11) is 0. The molecule has 0 bridgehead atoms. The first-order valence-corrected chi connectivity index (χ1v) is 7.28. The molecule has 0 radical (unpaired) electrons. The number of hydrogen-bond acceptors (Lipinski definition) is 3. The molecule has 0 aliphatic heterocycles.